The molecular weight excluding hydrogens is 280 g/mol. The number of imidazole rings is 1. The molecule has 3 N–H and O–H groups in total. The van der Waals surface area contributed by atoms with Crippen LogP contribution in [0.2, 0.25) is 0 Å². The Morgan fingerprint density at radius 2 is 2.09 bits per heavy atom. The van der Waals surface area contributed by atoms with Crippen LogP contribution >= 0.6 is 0 Å². The van der Waals surface area contributed by atoms with Crippen LogP contribution in [0.3, 0.4) is 0 Å². The lowest BCUT2D eigenvalue weighted by Gasteiger charge is -2.31. The number of piperidine rings is 1. The van der Waals surface area contributed by atoms with Gasteiger partial charge in [-0.05, 0) is 12.8 Å². The second-order valence-corrected chi connectivity index (χ2v) is 5.67. The number of hydrogen-bond donors (Lipinski definition) is 2. The van der Waals surface area contributed by atoms with Crippen molar-refractivity contribution in [3.8, 4) is 0 Å². The maximum atomic E-state index is 5.87. The summed E-state index contributed by atoms with van der Waals surface area (Å²) >= 11 is 0. The van der Waals surface area contributed by atoms with Gasteiger partial charge in [0.1, 0.15) is 12.1 Å². The summed E-state index contributed by atoms with van der Waals surface area (Å²) in [7, 11) is 0. The molecule has 3 aromatic heterocycles. The van der Waals surface area contributed by atoms with E-state index in [2.05, 4.69) is 29.9 Å². The zero-order valence-corrected chi connectivity index (χ0v) is 12.2. The molecule has 0 bridgehead atoms. The van der Waals surface area contributed by atoms with E-state index in [0.717, 1.165) is 49.2 Å². The van der Waals surface area contributed by atoms with Gasteiger partial charge in [-0.25, -0.2) is 19.6 Å². The molecular formula is C14H18N8. The number of fused-ring (bicyclic) bond motifs is 1. The molecule has 0 unspecified atom stereocenters. The Balaban J connectivity index is 1.47. The predicted octanol–water partition coefficient (Wildman–Crippen LogP) is 0.969. The fourth-order valence-electron chi connectivity index (χ4n) is 3.08. The normalized spacial score (nSPS) is 17.3. The van der Waals surface area contributed by atoms with Crippen LogP contribution in [0.15, 0.2) is 25.0 Å². The van der Waals surface area contributed by atoms with E-state index in [1.807, 2.05) is 10.9 Å². The molecule has 0 amide bonds. The van der Waals surface area contributed by atoms with Crippen molar-refractivity contribution in [2.75, 3.05) is 18.8 Å². The van der Waals surface area contributed by atoms with Gasteiger partial charge in [-0.15, -0.1) is 0 Å². The van der Waals surface area contributed by atoms with E-state index in [0.29, 0.717) is 11.9 Å². The predicted molar refractivity (Wildman–Crippen MR) is 81.9 cm³/mol. The van der Waals surface area contributed by atoms with Gasteiger partial charge in [0, 0.05) is 31.5 Å². The van der Waals surface area contributed by atoms with E-state index < -0.39 is 0 Å². The van der Waals surface area contributed by atoms with Crippen molar-refractivity contribution in [3.63, 3.8) is 0 Å². The topological polar surface area (TPSA) is 102 Å². The van der Waals surface area contributed by atoms with Crippen molar-refractivity contribution >= 4 is 16.9 Å². The van der Waals surface area contributed by atoms with Crippen LogP contribution in [0.5, 0.6) is 0 Å². The van der Waals surface area contributed by atoms with E-state index in [1.165, 1.54) is 6.33 Å². The van der Waals surface area contributed by atoms with Gasteiger partial charge < -0.3 is 10.7 Å². The number of aromatic nitrogens is 6. The summed E-state index contributed by atoms with van der Waals surface area (Å²) in [5, 5.41) is 5.32. The van der Waals surface area contributed by atoms with Gasteiger partial charge in [0.2, 0.25) is 0 Å². The number of nitrogens with one attached hydrogen (secondary N) is 1. The van der Waals surface area contributed by atoms with Crippen LogP contribution in [-0.2, 0) is 6.54 Å². The molecule has 0 aliphatic carbocycles. The largest absolute Gasteiger partial charge is 0.383 e. The van der Waals surface area contributed by atoms with Crippen molar-refractivity contribution in [3.05, 3.63) is 30.7 Å². The van der Waals surface area contributed by atoms with E-state index in [4.69, 9.17) is 5.73 Å². The number of nitrogens with two attached hydrogens (primary N) is 1. The van der Waals surface area contributed by atoms with Crippen LogP contribution in [0.25, 0.3) is 11.0 Å². The van der Waals surface area contributed by atoms with E-state index in [9.17, 15) is 0 Å². The van der Waals surface area contributed by atoms with Gasteiger partial charge in [0.05, 0.1) is 24.0 Å². The Hall–Kier alpha value is -2.48. The summed E-state index contributed by atoms with van der Waals surface area (Å²) < 4.78 is 2.00. The lowest BCUT2D eigenvalue weighted by atomic mass is 10.1. The van der Waals surface area contributed by atoms with E-state index in [1.54, 1.807) is 12.5 Å². The lowest BCUT2D eigenvalue weighted by Crippen LogP contribution is -2.34. The Morgan fingerprint density at radius 3 is 2.86 bits per heavy atom. The van der Waals surface area contributed by atoms with Gasteiger partial charge in [-0.3, -0.25) is 4.90 Å². The van der Waals surface area contributed by atoms with Crippen LogP contribution in [0, 0.1) is 0 Å². The minimum Gasteiger partial charge on any atom is -0.383 e. The molecule has 0 aromatic carbocycles. The molecule has 0 spiro atoms. The first kappa shape index (κ1) is 13.2. The maximum Gasteiger partial charge on any atom is 0.163 e. The molecule has 3 aromatic rings. The number of aromatic amines is 1. The van der Waals surface area contributed by atoms with Crippen molar-refractivity contribution < 1.29 is 0 Å². The quantitative estimate of drug-likeness (QED) is 0.747. The lowest BCUT2D eigenvalue weighted by molar-refractivity contribution is 0.174. The average molecular weight is 298 g/mol. The van der Waals surface area contributed by atoms with Gasteiger partial charge >= 0.3 is 0 Å². The number of nitrogens with zero attached hydrogens (tertiary/aromatic N) is 6. The fraction of sp³-hybridized carbons (Fsp3) is 0.429. The summed E-state index contributed by atoms with van der Waals surface area (Å²) in [5.74, 6) is 0.493. The van der Waals surface area contributed by atoms with Gasteiger partial charge in [0.25, 0.3) is 0 Å². The van der Waals surface area contributed by atoms with Crippen molar-refractivity contribution in [1.82, 2.24) is 34.6 Å². The smallest absolute Gasteiger partial charge is 0.163 e. The van der Waals surface area contributed by atoms with Gasteiger partial charge in [0.15, 0.2) is 5.65 Å². The Labute approximate surface area is 127 Å². The molecule has 0 radical (unpaired) electrons. The molecule has 8 heteroatoms. The summed E-state index contributed by atoms with van der Waals surface area (Å²) in [6, 6.07) is 0.366. The first-order chi connectivity index (χ1) is 10.8. The highest BCUT2D eigenvalue weighted by Crippen LogP contribution is 2.26. The van der Waals surface area contributed by atoms with E-state index in [-0.39, 0.29) is 0 Å². The molecule has 4 heterocycles. The third-order valence-corrected chi connectivity index (χ3v) is 4.27. The van der Waals surface area contributed by atoms with Crippen LogP contribution < -0.4 is 5.73 Å². The molecule has 4 rings (SSSR count). The second-order valence-electron chi connectivity index (χ2n) is 5.67. The highest BCUT2D eigenvalue weighted by atomic mass is 15.3. The highest BCUT2D eigenvalue weighted by Gasteiger charge is 2.23. The molecule has 8 nitrogen and oxygen atoms in total. The number of rotatable bonds is 3. The van der Waals surface area contributed by atoms with Gasteiger partial charge in [-0.2, -0.15) is 5.10 Å². The van der Waals surface area contributed by atoms with Crippen molar-refractivity contribution in [2.24, 2.45) is 0 Å². The zero-order valence-electron chi connectivity index (χ0n) is 12.2. The SMILES string of the molecule is Nc1ncnc2c1cnn2C1CCN(Cc2cnc[nH]2)CC1. The Bertz CT molecular complexity index is 754. The molecule has 0 saturated carbocycles. The van der Waals surface area contributed by atoms with Crippen LogP contribution in [0.1, 0.15) is 24.6 Å². The first-order valence-electron chi connectivity index (χ1n) is 7.44. The monoisotopic (exact) mass is 298 g/mol. The molecule has 0 atom stereocenters. The zero-order chi connectivity index (χ0) is 14.9. The van der Waals surface area contributed by atoms with Crippen LogP contribution in [-0.4, -0.2) is 47.7 Å². The number of anilines is 1. The summed E-state index contributed by atoms with van der Waals surface area (Å²) in [4.78, 5) is 18.0. The molecule has 1 saturated heterocycles. The first-order valence-corrected chi connectivity index (χ1v) is 7.44. The average Bonchev–Trinajstić information content (AvgIpc) is 3.18. The van der Waals surface area contributed by atoms with Gasteiger partial charge in [-0.1, -0.05) is 0 Å². The number of nitrogen functional groups attached to an aromatic ring is 1. The molecule has 22 heavy (non-hydrogen) atoms. The molecule has 1 fully saturated rings. The van der Waals surface area contributed by atoms with Crippen molar-refractivity contribution in [1.29, 1.82) is 0 Å². The molecule has 1 aliphatic rings. The standard InChI is InChI=1S/C14H18N8/c15-13-12-6-20-22(14(12)19-9-18-13)11-1-3-21(4-2-11)7-10-5-16-8-17-10/h5-6,8-9,11H,1-4,7H2,(H,16,17)(H2,15,18,19). The van der Waals surface area contributed by atoms with Crippen LogP contribution in [0.4, 0.5) is 5.82 Å². The summed E-state index contributed by atoms with van der Waals surface area (Å²) in [6.45, 7) is 2.99. The third-order valence-electron chi connectivity index (χ3n) is 4.27. The Morgan fingerprint density at radius 1 is 1.23 bits per heavy atom. The van der Waals surface area contributed by atoms with Crippen molar-refractivity contribution in [2.45, 2.75) is 25.4 Å². The molecule has 1 aliphatic heterocycles. The minimum atomic E-state index is 0.366. The number of hydrogen-bond acceptors (Lipinski definition) is 6. The maximum absolute atomic E-state index is 5.87. The number of likely N-dealkylation sites (tertiary alicyclic amines) is 1. The minimum absolute atomic E-state index is 0.366. The third kappa shape index (κ3) is 2.31. The Kier molecular flexibility index (Phi) is 3.23. The second kappa shape index (κ2) is 5.38. The molecule has 114 valence electrons. The summed E-state index contributed by atoms with van der Waals surface area (Å²) in [6.07, 6.45) is 8.98. The number of H-pyrrole nitrogens is 1. The fourth-order valence-corrected chi connectivity index (χ4v) is 3.08. The summed E-state index contributed by atoms with van der Waals surface area (Å²) in [5.41, 5.74) is 7.86. The van der Waals surface area contributed by atoms with E-state index >= 15 is 0 Å². The highest BCUT2D eigenvalue weighted by molar-refractivity contribution is 5.84.